The quantitative estimate of drug-likeness (QED) is 0.518. The molecule has 0 bridgehead atoms. The van der Waals surface area contributed by atoms with E-state index in [2.05, 4.69) is 11.9 Å². The van der Waals surface area contributed by atoms with E-state index in [0.717, 1.165) is 5.54 Å². The first-order chi connectivity index (χ1) is 4.72. The highest BCUT2D eigenvalue weighted by Gasteiger charge is 2.01. The second-order valence-corrected chi connectivity index (χ2v) is 2.08. The first-order valence-electron chi connectivity index (χ1n) is 2.57. The van der Waals surface area contributed by atoms with Crippen LogP contribution >= 0.6 is 23.2 Å². The van der Waals surface area contributed by atoms with Gasteiger partial charge in [-0.1, -0.05) is 29.3 Å². The van der Waals surface area contributed by atoms with Gasteiger partial charge in [0, 0.05) is 12.1 Å². The Balaban J connectivity index is 3.74. The largest absolute Gasteiger partial charge is 0.348 e. The number of amides is 1. The van der Waals surface area contributed by atoms with Gasteiger partial charge in [0.25, 0.3) is 5.91 Å². The van der Waals surface area contributed by atoms with Gasteiger partial charge in [-0.05, 0) is 0 Å². The Morgan fingerprint density at radius 1 is 1.70 bits per heavy atom. The lowest BCUT2D eigenvalue weighted by atomic mass is 10.5. The lowest BCUT2D eigenvalue weighted by Crippen LogP contribution is -2.22. The molecule has 4 heteroatoms. The molecule has 0 atom stereocenters. The Bertz CT molecular complexity index is 165. The maximum absolute atomic E-state index is 10.7. The van der Waals surface area contributed by atoms with Crippen molar-refractivity contribution in [3.8, 4) is 0 Å². The van der Waals surface area contributed by atoms with Gasteiger partial charge >= 0.3 is 0 Å². The second-order valence-electron chi connectivity index (χ2n) is 1.46. The van der Waals surface area contributed by atoms with Crippen LogP contribution in [0.5, 0.6) is 0 Å². The predicted octanol–water partition coefficient (Wildman–Crippen LogP) is 1.61. The van der Waals surface area contributed by atoms with E-state index in [4.69, 9.17) is 23.2 Å². The monoisotopic (exact) mass is 179 g/mol. The van der Waals surface area contributed by atoms with E-state index in [-0.39, 0.29) is 5.03 Å². The SMILES string of the molecule is C=CCNC(=O)/C(Cl)=C\Cl. The van der Waals surface area contributed by atoms with E-state index in [9.17, 15) is 4.79 Å². The molecule has 0 saturated carbocycles. The van der Waals surface area contributed by atoms with Gasteiger partial charge < -0.3 is 5.32 Å². The molecule has 0 aliphatic rings. The normalized spacial score (nSPS) is 10.8. The van der Waals surface area contributed by atoms with Crippen LogP contribution < -0.4 is 5.32 Å². The minimum absolute atomic E-state index is 0.0245. The van der Waals surface area contributed by atoms with E-state index < -0.39 is 5.91 Å². The zero-order valence-electron chi connectivity index (χ0n) is 5.23. The Labute approximate surface area is 69.5 Å². The van der Waals surface area contributed by atoms with E-state index in [1.165, 1.54) is 0 Å². The Kier molecular flexibility index (Phi) is 5.08. The van der Waals surface area contributed by atoms with Gasteiger partial charge in [0.2, 0.25) is 0 Å². The summed E-state index contributed by atoms with van der Waals surface area (Å²) < 4.78 is 0. The molecule has 0 saturated heterocycles. The maximum atomic E-state index is 10.7. The number of halogens is 2. The molecule has 0 aromatic heterocycles. The van der Waals surface area contributed by atoms with Crippen LogP contribution in [0, 0.1) is 0 Å². The molecule has 10 heavy (non-hydrogen) atoms. The molecule has 0 spiro atoms. The fourth-order valence-electron chi connectivity index (χ4n) is 0.299. The average Bonchev–Trinajstić information content (AvgIpc) is 1.98. The molecule has 0 aliphatic carbocycles. The van der Waals surface area contributed by atoms with E-state index in [1.54, 1.807) is 6.08 Å². The number of hydrogen-bond acceptors (Lipinski definition) is 1. The van der Waals surface area contributed by atoms with E-state index in [1.807, 2.05) is 0 Å². The highest BCUT2D eigenvalue weighted by molar-refractivity contribution is 6.46. The summed E-state index contributed by atoms with van der Waals surface area (Å²) in [5, 5.41) is 2.42. The van der Waals surface area contributed by atoms with Gasteiger partial charge in [-0.2, -0.15) is 0 Å². The van der Waals surface area contributed by atoms with Gasteiger partial charge in [0.05, 0.1) is 0 Å². The number of carbonyl (C=O) groups excluding carboxylic acids is 1. The molecular weight excluding hydrogens is 173 g/mol. The van der Waals surface area contributed by atoms with Gasteiger partial charge in [-0.15, -0.1) is 6.58 Å². The summed E-state index contributed by atoms with van der Waals surface area (Å²) in [6, 6.07) is 0. The zero-order chi connectivity index (χ0) is 7.98. The van der Waals surface area contributed by atoms with Crippen LogP contribution in [0.2, 0.25) is 0 Å². The summed E-state index contributed by atoms with van der Waals surface area (Å²) in [5.74, 6) is -0.392. The first-order valence-corrected chi connectivity index (χ1v) is 3.38. The van der Waals surface area contributed by atoms with E-state index in [0.29, 0.717) is 6.54 Å². The lowest BCUT2D eigenvalue weighted by molar-refractivity contribution is -0.116. The molecule has 56 valence electrons. The minimum Gasteiger partial charge on any atom is -0.348 e. The molecule has 0 rings (SSSR count). The molecule has 0 aliphatic heterocycles. The van der Waals surface area contributed by atoms with Gasteiger partial charge in [-0.25, -0.2) is 0 Å². The number of nitrogens with one attached hydrogen (secondary N) is 1. The van der Waals surface area contributed by atoms with Crippen molar-refractivity contribution in [2.24, 2.45) is 0 Å². The number of carbonyl (C=O) groups is 1. The summed E-state index contributed by atoms with van der Waals surface area (Å²) >= 11 is 10.5. The van der Waals surface area contributed by atoms with Crippen molar-refractivity contribution in [1.29, 1.82) is 0 Å². The van der Waals surface area contributed by atoms with Crippen LogP contribution in [0.1, 0.15) is 0 Å². The van der Waals surface area contributed by atoms with Crippen molar-refractivity contribution >= 4 is 29.1 Å². The van der Waals surface area contributed by atoms with E-state index >= 15 is 0 Å². The molecule has 0 heterocycles. The summed E-state index contributed by atoms with van der Waals surface area (Å²) in [4.78, 5) is 10.7. The third kappa shape index (κ3) is 3.54. The topological polar surface area (TPSA) is 29.1 Å². The highest BCUT2D eigenvalue weighted by atomic mass is 35.5. The summed E-state index contributed by atoms with van der Waals surface area (Å²) in [7, 11) is 0. The molecule has 0 fully saturated rings. The van der Waals surface area contributed by atoms with Crippen LogP contribution in [0.15, 0.2) is 23.2 Å². The number of rotatable bonds is 3. The zero-order valence-corrected chi connectivity index (χ0v) is 6.74. The van der Waals surface area contributed by atoms with Crippen LogP contribution in [0.4, 0.5) is 0 Å². The summed E-state index contributed by atoms with van der Waals surface area (Å²) in [6.07, 6.45) is 1.55. The van der Waals surface area contributed by atoms with Gasteiger partial charge in [-0.3, -0.25) is 4.79 Å². The maximum Gasteiger partial charge on any atom is 0.263 e. The molecule has 0 radical (unpaired) electrons. The molecule has 0 aromatic carbocycles. The molecule has 1 amide bonds. The van der Waals surface area contributed by atoms with Crippen molar-refractivity contribution in [1.82, 2.24) is 5.32 Å². The predicted molar refractivity (Wildman–Crippen MR) is 43.0 cm³/mol. The Hall–Kier alpha value is -0.470. The molecule has 2 nitrogen and oxygen atoms in total. The average molecular weight is 180 g/mol. The minimum atomic E-state index is -0.392. The van der Waals surface area contributed by atoms with Crippen molar-refractivity contribution in [3.63, 3.8) is 0 Å². The standard InChI is InChI=1S/C6H7Cl2NO/c1-2-3-9-6(10)5(8)4-7/h2,4H,1,3H2,(H,9,10)/b5-4+. The van der Waals surface area contributed by atoms with Crippen molar-refractivity contribution < 1.29 is 4.79 Å². The lowest BCUT2D eigenvalue weighted by Gasteiger charge is -1.97. The number of hydrogen-bond donors (Lipinski definition) is 1. The summed E-state index contributed by atoms with van der Waals surface area (Å²) in [5.41, 5.74) is 1.01. The Morgan fingerprint density at radius 3 is 2.70 bits per heavy atom. The van der Waals surface area contributed by atoms with Crippen LogP contribution in [-0.4, -0.2) is 12.5 Å². The Morgan fingerprint density at radius 2 is 2.30 bits per heavy atom. The fraction of sp³-hybridized carbons (Fsp3) is 0.167. The summed E-state index contributed by atoms with van der Waals surface area (Å²) in [6.45, 7) is 3.80. The third-order valence-electron chi connectivity index (χ3n) is 0.720. The van der Waals surface area contributed by atoms with Gasteiger partial charge in [0.15, 0.2) is 0 Å². The molecule has 0 unspecified atom stereocenters. The van der Waals surface area contributed by atoms with Crippen LogP contribution in [-0.2, 0) is 4.79 Å². The molecule has 0 aromatic rings. The van der Waals surface area contributed by atoms with Crippen LogP contribution in [0.25, 0.3) is 0 Å². The van der Waals surface area contributed by atoms with Crippen molar-refractivity contribution in [2.75, 3.05) is 6.54 Å². The highest BCUT2D eigenvalue weighted by Crippen LogP contribution is 2.01. The van der Waals surface area contributed by atoms with Gasteiger partial charge in [0.1, 0.15) is 5.03 Å². The first kappa shape index (κ1) is 9.53. The van der Waals surface area contributed by atoms with Crippen molar-refractivity contribution in [2.45, 2.75) is 0 Å². The molecular formula is C6H7Cl2NO. The van der Waals surface area contributed by atoms with Crippen molar-refractivity contribution in [3.05, 3.63) is 23.2 Å². The smallest absolute Gasteiger partial charge is 0.263 e. The third-order valence-corrected chi connectivity index (χ3v) is 1.33. The van der Waals surface area contributed by atoms with Crippen LogP contribution in [0.3, 0.4) is 0 Å². The second kappa shape index (κ2) is 5.33. The molecule has 1 N–H and O–H groups in total. The fourth-order valence-corrected chi connectivity index (χ4v) is 0.465.